The molecule has 0 bridgehead atoms. The average molecular weight is 1160 g/mol. The first kappa shape index (κ1) is 73.5. The van der Waals surface area contributed by atoms with Gasteiger partial charge in [-0.2, -0.15) is 0 Å². The van der Waals surface area contributed by atoms with Crippen molar-refractivity contribution in [3.63, 3.8) is 0 Å². The van der Waals surface area contributed by atoms with E-state index in [0.29, 0.717) is 12.8 Å². The molecule has 1 amide bonds. The van der Waals surface area contributed by atoms with Gasteiger partial charge in [-0.1, -0.05) is 205 Å². The van der Waals surface area contributed by atoms with Gasteiger partial charge in [0, 0.05) is 6.42 Å². The van der Waals surface area contributed by atoms with Crippen molar-refractivity contribution in [2.24, 2.45) is 0 Å². The van der Waals surface area contributed by atoms with Gasteiger partial charge in [-0.15, -0.1) is 0 Å². The van der Waals surface area contributed by atoms with Crippen LogP contribution in [0, 0.1) is 0 Å². The van der Waals surface area contributed by atoms with Gasteiger partial charge >= 0.3 is 0 Å². The molecule has 0 aromatic rings. The highest BCUT2D eigenvalue weighted by Crippen LogP contribution is 2.33. The molecule has 3 aliphatic heterocycles. The Morgan fingerprint density at radius 2 is 0.815 bits per heavy atom. The van der Waals surface area contributed by atoms with E-state index in [4.69, 9.17) is 28.4 Å². The van der Waals surface area contributed by atoms with Gasteiger partial charge in [-0.05, 0) is 44.9 Å². The van der Waals surface area contributed by atoms with Crippen LogP contribution < -0.4 is 5.32 Å². The maximum atomic E-state index is 13.4. The van der Waals surface area contributed by atoms with Gasteiger partial charge in [0.05, 0.1) is 38.6 Å². The Morgan fingerprint density at radius 3 is 1.28 bits per heavy atom. The lowest BCUT2D eigenvalue weighted by molar-refractivity contribution is -0.379. The second kappa shape index (κ2) is 45.6. The summed E-state index contributed by atoms with van der Waals surface area (Å²) >= 11 is 0. The second-order valence-electron chi connectivity index (χ2n) is 23.2. The van der Waals surface area contributed by atoms with Crippen LogP contribution in [-0.4, -0.2) is 193 Å². The first-order valence-corrected chi connectivity index (χ1v) is 32.1. The molecule has 12 N–H and O–H groups in total. The van der Waals surface area contributed by atoms with E-state index in [1.54, 1.807) is 0 Å². The molecule has 81 heavy (non-hydrogen) atoms. The third kappa shape index (κ3) is 29.0. The number of aliphatic hydroxyl groups excluding tert-OH is 11. The molecule has 476 valence electrons. The maximum absolute atomic E-state index is 13.4. The van der Waals surface area contributed by atoms with E-state index in [0.717, 1.165) is 77.0 Å². The van der Waals surface area contributed by atoms with E-state index in [1.165, 1.54) is 122 Å². The fourth-order valence-electron chi connectivity index (χ4n) is 11.0. The zero-order valence-corrected chi connectivity index (χ0v) is 49.8. The van der Waals surface area contributed by atoms with Gasteiger partial charge in [0.15, 0.2) is 18.9 Å². The summed E-state index contributed by atoms with van der Waals surface area (Å²) in [6.45, 7) is 1.77. The minimum absolute atomic E-state index is 0.250. The number of nitrogens with one attached hydrogen (secondary N) is 1. The summed E-state index contributed by atoms with van der Waals surface area (Å²) in [6, 6.07) is -0.890. The summed E-state index contributed by atoms with van der Waals surface area (Å²) in [5.41, 5.74) is 0. The minimum Gasteiger partial charge on any atom is -0.394 e. The summed E-state index contributed by atoms with van der Waals surface area (Å²) < 4.78 is 34.4. The van der Waals surface area contributed by atoms with Crippen LogP contribution in [0.15, 0.2) is 24.3 Å². The minimum atomic E-state index is -1.97. The topological polar surface area (TPSA) is 307 Å². The highest BCUT2D eigenvalue weighted by Gasteiger charge is 2.53. The number of allylic oxidation sites excluding steroid dienone is 4. The Morgan fingerprint density at radius 1 is 0.444 bits per heavy atom. The first-order valence-electron chi connectivity index (χ1n) is 32.1. The van der Waals surface area contributed by atoms with Crippen LogP contribution in [-0.2, 0) is 33.2 Å². The monoisotopic (exact) mass is 1160 g/mol. The molecule has 19 heteroatoms. The molecule has 17 atom stereocenters. The Labute approximate surface area is 486 Å². The molecule has 3 heterocycles. The summed E-state index contributed by atoms with van der Waals surface area (Å²) in [7, 11) is 0. The molecule has 0 spiro atoms. The zero-order chi connectivity index (χ0) is 59.0. The smallest absolute Gasteiger partial charge is 0.220 e. The molecule has 0 aromatic heterocycles. The fourth-order valence-corrected chi connectivity index (χ4v) is 11.0. The Balaban J connectivity index is 1.48. The van der Waals surface area contributed by atoms with E-state index in [9.17, 15) is 61.0 Å². The molecule has 0 aromatic carbocycles. The van der Waals surface area contributed by atoms with Gasteiger partial charge in [0.1, 0.15) is 73.2 Å². The molecule has 3 rings (SSSR count). The van der Waals surface area contributed by atoms with Crippen molar-refractivity contribution < 1.29 is 89.4 Å². The van der Waals surface area contributed by atoms with Gasteiger partial charge < -0.3 is 89.9 Å². The van der Waals surface area contributed by atoms with Gasteiger partial charge in [0.2, 0.25) is 5.91 Å². The van der Waals surface area contributed by atoms with Crippen molar-refractivity contribution in [1.29, 1.82) is 0 Å². The number of unbranched alkanes of at least 4 members (excludes halogenated alkanes) is 28. The predicted octanol–water partition coefficient (Wildman–Crippen LogP) is 6.71. The number of carbonyl (C=O) groups excluding carboxylic acids is 1. The zero-order valence-electron chi connectivity index (χ0n) is 49.8. The lowest BCUT2D eigenvalue weighted by Gasteiger charge is -2.48. The van der Waals surface area contributed by atoms with Crippen LogP contribution in [0.2, 0.25) is 0 Å². The SMILES string of the molecule is CCCCC/C=C\C/C=C\CCCCCCCCCC(=O)NC(COC1OC(CO)C(OC2OC(CO)C(OC3OC(CO)C(O)C(O)C3O)C(O)C2O)C(O)C1O)C(O)CCCCCCCCCCCCCCCCCCCCC. The van der Waals surface area contributed by atoms with E-state index >= 15 is 0 Å². The number of ether oxygens (including phenoxy) is 6. The Kier molecular flexibility index (Phi) is 41.4. The molecule has 3 fully saturated rings. The van der Waals surface area contributed by atoms with Crippen molar-refractivity contribution in [2.75, 3.05) is 26.4 Å². The molecular weight excluding hydrogens is 1050 g/mol. The average Bonchev–Trinajstić information content (AvgIpc) is 3.47. The van der Waals surface area contributed by atoms with Crippen molar-refractivity contribution >= 4 is 5.91 Å². The molecule has 19 nitrogen and oxygen atoms in total. The van der Waals surface area contributed by atoms with Crippen molar-refractivity contribution in [3.8, 4) is 0 Å². The van der Waals surface area contributed by atoms with Gasteiger partial charge in [0.25, 0.3) is 0 Å². The van der Waals surface area contributed by atoms with Crippen molar-refractivity contribution in [3.05, 3.63) is 24.3 Å². The van der Waals surface area contributed by atoms with Gasteiger partial charge in [-0.3, -0.25) is 4.79 Å². The van der Waals surface area contributed by atoms with Crippen LogP contribution in [0.4, 0.5) is 0 Å². The second-order valence-corrected chi connectivity index (χ2v) is 23.2. The van der Waals surface area contributed by atoms with Gasteiger partial charge in [-0.25, -0.2) is 0 Å². The highest BCUT2D eigenvalue weighted by atomic mass is 16.8. The Bertz CT molecular complexity index is 1580. The van der Waals surface area contributed by atoms with E-state index in [2.05, 4.69) is 43.5 Å². The van der Waals surface area contributed by atoms with Crippen LogP contribution in [0.25, 0.3) is 0 Å². The molecule has 3 aliphatic rings. The largest absolute Gasteiger partial charge is 0.394 e. The number of hydrogen-bond acceptors (Lipinski definition) is 18. The quantitative estimate of drug-likeness (QED) is 0.0222. The third-order valence-corrected chi connectivity index (χ3v) is 16.3. The predicted molar refractivity (Wildman–Crippen MR) is 310 cm³/mol. The molecule has 17 unspecified atom stereocenters. The summed E-state index contributed by atoms with van der Waals surface area (Å²) in [6.07, 6.45) is 21.0. The fraction of sp³-hybridized carbons (Fsp3) is 0.919. The molecule has 0 aliphatic carbocycles. The van der Waals surface area contributed by atoms with Crippen LogP contribution >= 0.6 is 0 Å². The third-order valence-electron chi connectivity index (χ3n) is 16.3. The van der Waals surface area contributed by atoms with Crippen LogP contribution in [0.3, 0.4) is 0 Å². The van der Waals surface area contributed by atoms with Crippen LogP contribution in [0.5, 0.6) is 0 Å². The number of aliphatic hydroxyl groups is 11. The number of hydrogen-bond donors (Lipinski definition) is 12. The number of carbonyl (C=O) groups is 1. The molecule has 0 radical (unpaired) electrons. The first-order chi connectivity index (χ1) is 39.3. The van der Waals surface area contributed by atoms with Crippen molar-refractivity contribution in [1.82, 2.24) is 5.32 Å². The number of amides is 1. The molecule has 0 saturated carbocycles. The summed E-state index contributed by atoms with van der Waals surface area (Å²) in [4.78, 5) is 13.4. The lowest BCUT2D eigenvalue weighted by Crippen LogP contribution is -2.66. The Hall–Kier alpha value is -1.73. The van der Waals surface area contributed by atoms with Crippen LogP contribution in [0.1, 0.15) is 232 Å². The normalized spacial score (nSPS) is 29.9. The van der Waals surface area contributed by atoms with Crippen molar-refractivity contribution in [2.45, 2.75) is 336 Å². The summed E-state index contributed by atoms with van der Waals surface area (Å²) in [5.74, 6) is -0.250. The maximum Gasteiger partial charge on any atom is 0.220 e. The molecular formula is C62H115NO18. The van der Waals surface area contributed by atoms with E-state index in [-0.39, 0.29) is 18.9 Å². The van der Waals surface area contributed by atoms with E-state index in [1.807, 2.05) is 0 Å². The standard InChI is InChI=1S/C62H115NO18/c1-3-5-7-9-11-13-15-17-19-21-22-24-25-27-29-31-33-35-37-39-46(67)45(63-50(68)40-38-36-34-32-30-28-26-23-20-18-16-14-12-10-8-6-4-2)44-76-60-56(74)53(71)58(48(42-65)78-60)81-62-57(75)54(72)59(49(43-66)79-62)80-61-55(73)52(70)51(69)47(41-64)77-61/h12,14,18,20,45-49,51-62,64-67,69-75H,3-11,13,15-17,19,21-44H2,1-2H3,(H,63,68)/b14-12-,20-18-. The molecule has 3 saturated heterocycles. The summed E-state index contributed by atoms with van der Waals surface area (Å²) in [5, 5.41) is 120. The van der Waals surface area contributed by atoms with E-state index < -0.39 is 124 Å². The number of rotatable bonds is 48. The lowest BCUT2D eigenvalue weighted by atomic mass is 9.96. The highest BCUT2D eigenvalue weighted by molar-refractivity contribution is 5.76.